The predicted octanol–water partition coefficient (Wildman–Crippen LogP) is 2.72. The van der Waals surface area contributed by atoms with Crippen molar-refractivity contribution in [1.29, 1.82) is 0 Å². The maximum Gasteiger partial charge on any atom is 0.224 e. The van der Waals surface area contributed by atoms with Crippen LogP contribution >= 0.6 is 11.8 Å². The molecular formula is C20H27N5OS. The molecular weight excluding hydrogens is 358 g/mol. The predicted molar refractivity (Wildman–Crippen MR) is 111 cm³/mol. The number of morpholine rings is 1. The number of likely N-dealkylation sites (tertiary alicyclic amines) is 1. The number of aromatic nitrogens is 2. The van der Waals surface area contributed by atoms with E-state index in [0.717, 1.165) is 64.1 Å². The van der Waals surface area contributed by atoms with Crippen molar-refractivity contribution in [2.75, 3.05) is 55.9 Å². The van der Waals surface area contributed by atoms with Crippen molar-refractivity contribution < 1.29 is 4.74 Å². The Morgan fingerprint density at radius 1 is 1.15 bits per heavy atom. The van der Waals surface area contributed by atoms with Crippen LogP contribution in [0.3, 0.4) is 0 Å². The summed E-state index contributed by atoms with van der Waals surface area (Å²) in [6, 6.07) is 11.3. The minimum absolute atomic E-state index is 0.399. The molecule has 144 valence electrons. The van der Waals surface area contributed by atoms with Gasteiger partial charge >= 0.3 is 0 Å². The number of anilines is 2. The lowest BCUT2D eigenvalue weighted by Crippen LogP contribution is -2.37. The summed E-state index contributed by atoms with van der Waals surface area (Å²) in [7, 11) is 0. The van der Waals surface area contributed by atoms with Crippen molar-refractivity contribution >= 4 is 23.5 Å². The molecule has 6 nitrogen and oxygen atoms in total. The number of ether oxygens (including phenoxy) is 1. The van der Waals surface area contributed by atoms with E-state index in [1.807, 2.05) is 12.3 Å². The Hall–Kier alpha value is -1.83. The van der Waals surface area contributed by atoms with Gasteiger partial charge in [-0.05, 0) is 36.4 Å². The number of nitrogens with one attached hydrogen (secondary N) is 1. The van der Waals surface area contributed by atoms with E-state index in [0.29, 0.717) is 6.04 Å². The van der Waals surface area contributed by atoms with Crippen LogP contribution in [-0.2, 0) is 11.3 Å². The summed E-state index contributed by atoms with van der Waals surface area (Å²) < 4.78 is 5.43. The zero-order chi connectivity index (χ0) is 18.5. The Morgan fingerprint density at radius 3 is 2.74 bits per heavy atom. The molecule has 1 aromatic heterocycles. The Bertz CT molecular complexity index is 735. The van der Waals surface area contributed by atoms with Gasteiger partial charge in [-0.15, -0.1) is 11.8 Å². The van der Waals surface area contributed by atoms with Gasteiger partial charge in [0, 0.05) is 49.9 Å². The van der Waals surface area contributed by atoms with E-state index in [-0.39, 0.29) is 0 Å². The quantitative estimate of drug-likeness (QED) is 0.767. The third-order valence-corrected chi connectivity index (χ3v) is 5.89. The number of rotatable bonds is 6. The minimum atomic E-state index is 0.399. The summed E-state index contributed by atoms with van der Waals surface area (Å²) in [5.41, 5.74) is 1.37. The highest BCUT2D eigenvalue weighted by Gasteiger charge is 2.23. The number of nitrogens with zero attached hydrogens (tertiary/aromatic N) is 4. The van der Waals surface area contributed by atoms with Gasteiger partial charge in [-0.3, -0.25) is 4.90 Å². The lowest BCUT2D eigenvalue weighted by atomic mass is 10.2. The highest BCUT2D eigenvalue weighted by atomic mass is 32.2. The van der Waals surface area contributed by atoms with Crippen molar-refractivity contribution in [1.82, 2.24) is 14.9 Å². The first-order valence-corrected chi connectivity index (χ1v) is 10.8. The van der Waals surface area contributed by atoms with E-state index >= 15 is 0 Å². The molecule has 1 N–H and O–H groups in total. The largest absolute Gasteiger partial charge is 0.378 e. The molecule has 0 amide bonds. The molecule has 7 heteroatoms. The van der Waals surface area contributed by atoms with Crippen molar-refractivity contribution in [2.24, 2.45) is 0 Å². The Balaban J connectivity index is 1.31. The van der Waals surface area contributed by atoms with Crippen molar-refractivity contribution in [2.45, 2.75) is 23.9 Å². The van der Waals surface area contributed by atoms with Crippen LogP contribution < -0.4 is 10.2 Å². The van der Waals surface area contributed by atoms with Gasteiger partial charge in [-0.2, -0.15) is 4.98 Å². The Kier molecular flexibility index (Phi) is 6.11. The zero-order valence-electron chi connectivity index (χ0n) is 15.8. The lowest BCUT2D eigenvalue weighted by Gasteiger charge is -2.28. The molecule has 1 aromatic carbocycles. The van der Waals surface area contributed by atoms with Gasteiger partial charge in [0.15, 0.2) is 0 Å². The van der Waals surface area contributed by atoms with E-state index in [4.69, 9.17) is 9.72 Å². The second kappa shape index (κ2) is 8.91. The number of benzene rings is 1. The van der Waals surface area contributed by atoms with Gasteiger partial charge in [0.2, 0.25) is 5.95 Å². The normalized spacial score (nSPS) is 20.8. The van der Waals surface area contributed by atoms with Gasteiger partial charge in [0.05, 0.1) is 13.2 Å². The molecule has 4 rings (SSSR count). The van der Waals surface area contributed by atoms with E-state index < -0.39 is 0 Å². The molecule has 1 unspecified atom stereocenters. The smallest absolute Gasteiger partial charge is 0.224 e. The zero-order valence-corrected chi connectivity index (χ0v) is 16.6. The van der Waals surface area contributed by atoms with Crippen molar-refractivity contribution in [3.8, 4) is 0 Å². The van der Waals surface area contributed by atoms with E-state index in [1.165, 1.54) is 10.5 Å². The molecule has 3 heterocycles. The van der Waals surface area contributed by atoms with Crippen LogP contribution in [0.5, 0.6) is 0 Å². The summed E-state index contributed by atoms with van der Waals surface area (Å²) in [5.74, 6) is 1.72. The summed E-state index contributed by atoms with van der Waals surface area (Å²) in [5, 5.41) is 3.53. The van der Waals surface area contributed by atoms with Crippen LogP contribution in [0.2, 0.25) is 0 Å². The van der Waals surface area contributed by atoms with Gasteiger partial charge in [-0.25, -0.2) is 4.98 Å². The number of hydrogen-bond donors (Lipinski definition) is 1. The van der Waals surface area contributed by atoms with Gasteiger partial charge in [0.25, 0.3) is 0 Å². The topological polar surface area (TPSA) is 53.5 Å². The molecule has 2 aromatic rings. The third-order valence-electron chi connectivity index (χ3n) is 5.15. The maximum absolute atomic E-state index is 5.43. The molecule has 2 saturated heterocycles. The first-order valence-electron chi connectivity index (χ1n) is 9.58. The molecule has 0 radical (unpaired) electrons. The summed E-state index contributed by atoms with van der Waals surface area (Å²) in [4.78, 5) is 15.2. The van der Waals surface area contributed by atoms with Crippen LogP contribution in [0.1, 0.15) is 12.0 Å². The van der Waals surface area contributed by atoms with Gasteiger partial charge in [0.1, 0.15) is 5.82 Å². The van der Waals surface area contributed by atoms with E-state index in [1.54, 1.807) is 11.8 Å². The highest BCUT2D eigenvalue weighted by molar-refractivity contribution is 7.98. The van der Waals surface area contributed by atoms with Gasteiger partial charge < -0.3 is 15.0 Å². The standard InChI is InChI=1S/C20H27N5OS/c1-27-18-4-2-16(3-5-18)14-24-9-7-17(15-24)22-20-21-8-6-19(23-20)25-10-12-26-13-11-25/h2-6,8,17H,7,9-15H2,1H3,(H,21,22,23). The molecule has 27 heavy (non-hydrogen) atoms. The first kappa shape index (κ1) is 18.5. The van der Waals surface area contributed by atoms with E-state index in [9.17, 15) is 0 Å². The van der Waals surface area contributed by atoms with Gasteiger partial charge in [-0.1, -0.05) is 12.1 Å². The van der Waals surface area contributed by atoms with E-state index in [2.05, 4.69) is 50.6 Å². The molecule has 0 saturated carbocycles. The lowest BCUT2D eigenvalue weighted by molar-refractivity contribution is 0.122. The van der Waals surface area contributed by atoms with Crippen LogP contribution in [0.25, 0.3) is 0 Å². The summed E-state index contributed by atoms with van der Waals surface area (Å²) in [6.07, 6.45) is 5.08. The fourth-order valence-corrected chi connectivity index (χ4v) is 4.06. The Labute approximate surface area is 165 Å². The Morgan fingerprint density at radius 2 is 1.96 bits per heavy atom. The van der Waals surface area contributed by atoms with Crippen LogP contribution in [0.4, 0.5) is 11.8 Å². The first-order chi connectivity index (χ1) is 13.3. The fourth-order valence-electron chi connectivity index (χ4n) is 3.65. The molecule has 0 bridgehead atoms. The SMILES string of the molecule is CSc1ccc(CN2CCC(Nc3nccc(N4CCOCC4)n3)C2)cc1. The summed E-state index contributed by atoms with van der Waals surface area (Å²) in [6.45, 7) is 6.44. The van der Waals surface area contributed by atoms with Crippen LogP contribution in [-0.4, -0.2) is 66.6 Å². The number of thioether (sulfide) groups is 1. The average molecular weight is 386 g/mol. The third kappa shape index (κ3) is 4.91. The molecule has 2 fully saturated rings. The van der Waals surface area contributed by atoms with Crippen molar-refractivity contribution in [3.63, 3.8) is 0 Å². The summed E-state index contributed by atoms with van der Waals surface area (Å²) >= 11 is 1.79. The molecule has 2 aliphatic rings. The average Bonchev–Trinajstić information content (AvgIpc) is 3.16. The molecule has 0 aliphatic carbocycles. The van der Waals surface area contributed by atoms with Crippen molar-refractivity contribution in [3.05, 3.63) is 42.1 Å². The second-order valence-corrected chi connectivity index (χ2v) is 7.93. The molecule has 1 atom stereocenters. The maximum atomic E-state index is 5.43. The molecule has 2 aliphatic heterocycles. The monoisotopic (exact) mass is 385 g/mol. The van der Waals surface area contributed by atoms with Crippen LogP contribution in [0.15, 0.2) is 41.4 Å². The number of hydrogen-bond acceptors (Lipinski definition) is 7. The fraction of sp³-hybridized carbons (Fsp3) is 0.500. The second-order valence-electron chi connectivity index (χ2n) is 7.05. The molecule has 0 spiro atoms. The van der Waals surface area contributed by atoms with Crippen LogP contribution in [0, 0.1) is 0 Å². The highest BCUT2D eigenvalue weighted by Crippen LogP contribution is 2.20. The minimum Gasteiger partial charge on any atom is -0.378 e.